The van der Waals surface area contributed by atoms with Gasteiger partial charge in [0.2, 0.25) is 0 Å². The molecule has 0 radical (unpaired) electrons. The lowest BCUT2D eigenvalue weighted by Gasteiger charge is -2.19. The molecule has 2 rings (SSSR count). The summed E-state index contributed by atoms with van der Waals surface area (Å²) in [5, 5.41) is 0. The first-order valence-electron chi connectivity index (χ1n) is 7.03. The maximum atomic E-state index is 5.97. The number of benzene rings is 1. The highest BCUT2D eigenvalue weighted by molar-refractivity contribution is 5.73. The molecule has 2 aromatic rings. The molecule has 1 aromatic carbocycles. The van der Waals surface area contributed by atoms with Crippen molar-refractivity contribution in [2.45, 2.75) is 40.0 Å². The van der Waals surface area contributed by atoms with E-state index in [9.17, 15) is 0 Å². The molecule has 0 aliphatic heterocycles. The van der Waals surface area contributed by atoms with Crippen LogP contribution in [-0.2, 0) is 5.41 Å². The SMILES string of the molecule is COc1cc(C)cc(C)c1-c1cc(N)nc(C(C)(C)C)n1. The Bertz CT molecular complexity index is 672. The largest absolute Gasteiger partial charge is 0.496 e. The fraction of sp³-hybridized carbons (Fsp3) is 0.412. The number of ether oxygens (including phenoxy) is 1. The summed E-state index contributed by atoms with van der Waals surface area (Å²) in [7, 11) is 1.67. The summed E-state index contributed by atoms with van der Waals surface area (Å²) in [6.07, 6.45) is 0. The fourth-order valence-electron chi connectivity index (χ4n) is 2.35. The van der Waals surface area contributed by atoms with E-state index in [4.69, 9.17) is 15.5 Å². The number of rotatable bonds is 2. The van der Waals surface area contributed by atoms with Crippen molar-refractivity contribution in [1.82, 2.24) is 9.97 Å². The van der Waals surface area contributed by atoms with Crippen LogP contribution in [0.2, 0.25) is 0 Å². The molecule has 0 bridgehead atoms. The lowest BCUT2D eigenvalue weighted by molar-refractivity contribution is 0.415. The minimum absolute atomic E-state index is 0.157. The van der Waals surface area contributed by atoms with E-state index in [-0.39, 0.29) is 5.41 Å². The number of nitrogens with two attached hydrogens (primary N) is 1. The zero-order chi connectivity index (χ0) is 15.8. The fourth-order valence-corrected chi connectivity index (χ4v) is 2.35. The predicted octanol–water partition coefficient (Wildman–Crippen LogP) is 3.65. The number of aryl methyl sites for hydroxylation is 2. The third-order valence-electron chi connectivity index (χ3n) is 3.34. The van der Waals surface area contributed by atoms with Crippen molar-refractivity contribution < 1.29 is 4.74 Å². The van der Waals surface area contributed by atoms with Crippen LogP contribution < -0.4 is 10.5 Å². The molecule has 1 aromatic heterocycles. The average Bonchev–Trinajstić information content (AvgIpc) is 2.35. The second-order valence-corrected chi connectivity index (χ2v) is 6.41. The minimum atomic E-state index is -0.157. The summed E-state index contributed by atoms with van der Waals surface area (Å²) in [6, 6.07) is 5.93. The molecule has 0 aliphatic carbocycles. The van der Waals surface area contributed by atoms with Crippen molar-refractivity contribution in [3.63, 3.8) is 0 Å². The second-order valence-electron chi connectivity index (χ2n) is 6.41. The average molecular weight is 285 g/mol. The Kier molecular flexibility index (Phi) is 3.90. The van der Waals surface area contributed by atoms with Gasteiger partial charge in [-0.25, -0.2) is 9.97 Å². The zero-order valence-electron chi connectivity index (χ0n) is 13.6. The van der Waals surface area contributed by atoms with Gasteiger partial charge >= 0.3 is 0 Å². The molecule has 0 fully saturated rings. The summed E-state index contributed by atoms with van der Waals surface area (Å²) in [5.74, 6) is 2.02. The van der Waals surface area contributed by atoms with Crippen LogP contribution in [0.1, 0.15) is 37.7 Å². The molecule has 112 valence electrons. The van der Waals surface area contributed by atoms with E-state index in [2.05, 4.69) is 38.7 Å². The van der Waals surface area contributed by atoms with E-state index in [0.717, 1.165) is 34.0 Å². The highest BCUT2D eigenvalue weighted by Crippen LogP contribution is 2.34. The third-order valence-corrected chi connectivity index (χ3v) is 3.34. The molecule has 21 heavy (non-hydrogen) atoms. The number of aromatic nitrogens is 2. The van der Waals surface area contributed by atoms with Crippen molar-refractivity contribution in [2.75, 3.05) is 12.8 Å². The molecule has 0 saturated carbocycles. The first-order chi connectivity index (χ1) is 9.72. The summed E-state index contributed by atoms with van der Waals surface area (Å²) < 4.78 is 5.53. The van der Waals surface area contributed by atoms with Gasteiger partial charge in [-0.3, -0.25) is 0 Å². The number of methoxy groups -OCH3 is 1. The van der Waals surface area contributed by atoms with Crippen molar-refractivity contribution in [1.29, 1.82) is 0 Å². The van der Waals surface area contributed by atoms with E-state index in [1.54, 1.807) is 13.2 Å². The van der Waals surface area contributed by atoms with Crippen LogP contribution in [0, 0.1) is 13.8 Å². The molecular weight excluding hydrogens is 262 g/mol. The number of nitrogens with zero attached hydrogens (tertiary/aromatic N) is 2. The van der Waals surface area contributed by atoms with Crippen LogP contribution in [0.3, 0.4) is 0 Å². The van der Waals surface area contributed by atoms with Crippen molar-refractivity contribution in [2.24, 2.45) is 0 Å². The normalized spacial score (nSPS) is 11.5. The Balaban J connectivity index is 2.70. The molecule has 0 saturated heterocycles. The summed E-state index contributed by atoms with van der Waals surface area (Å²) in [6.45, 7) is 10.3. The van der Waals surface area contributed by atoms with Crippen LogP contribution in [0.25, 0.3) is 11.3 Å². The number of hydrogen-bond acceptors (Lipinski definition) is 4. The van der Waals surface area contributed by atoms with Crippen molar-refractivity contribution in [3.8, 4) is 17.0 Å². The molecule has 4 heteroatoms. The smallest absolute Gasteiger partial charge is 0.136 e. The predicted molar refractivity (Wildman–Crippen MR) is 86.6 cm³/mol. The van der Waals surface area contributed by atoms with Crippen LogP contribution in [0.5, 0.6) is 5.75 Å². The zero-order valence-corrected chi connectivity index (χ0v) is 13.6. The molecular formula is C17H23N3O. The molecule has 0 atom stereocenters. The lowest BCUT2D eigenvalue weighted by atomic mass is 9.95. The number of anilines is 1. The van der Waals surface area contributed by atoms with Gasteiger partial charge in [0.25, 0.3) is 0 Å². The topological polar surface area (TPSA) is 61.0 Å². The molecule has 4 nitrogen and oxygen atoms in total. The van der Waals surface area contributed by atoms with Gasteiger partial charge in [-0.2, -0.15) is 0 Å². The van der Waals surface area contributed by atoms with Gasteiger partial charge in [0.1, 0.15) is 17.4 Å². The quantitative estimate of drug-likeness (QED) is 0.915. The van der Waals surface area contributed by atoms with Crippen LogP contribution in [0.15, 0.2) is 18.2 Å². The van der Waals surface area contributed by atoms with E-state index >= 15 is 0 Å². The highest BCUT2D eigenvalue weighted by Gasteiger charge is 2.21. The third kappa shape index (κ3) is 3.15. The summed E-state index contributed by atoms with van der Waals surface area (Å²) in [5.41, 5.74) is 9.87. The van der Waals surface area contributed by atoms with E-state index in [1.165, 1.54) is 0 Å². The molecule has 0 amide bonds. The van der Waals surface area contributed by atoms with E-state index in [1.807, 2.05) is 13.0 Å². The Morgan fingerprint density at radius 1 is 1.05 bits per heavy atom. The molecule has 0 aliphatic rings. The standard InChI is InChI=1S/C17H23N3O/c1-10-7-11(2)15(13(8-10)21-6)12-9-14(18)20-16(19-12)17(3,4)5/h7-9H,1-6H3,(H2,18,19,20). The Morgan fingerprint density at radius 2 is 1.71 bits per heavy atom. The Hall–Kier alpha value is -2.10. The van der Waals surface area contributed by atoms with E-state index < -0.39 is 0 Å². The second kappa shape index (κ2) is 5.35. The monoisotopic (exact) mass is 285 g/mol. The maximum absolute atomic E-state index is 5.97. The van der Waals surface area contributed by atoms with Gasteiger partial charge in [-0.05, 0) is 31.0 Å². The maximum Gasteiger partial charge on any atom is 0.136 e. The van der Waals surface area contributed by atoms with Gasteiger partial charge in [0, 0.05) is 17.0 Å². The molecule has 0 unspecified atom stereocenters. The first-order valence-corrected chi connectivity index (χ1v) is 7.03. The van der Waals surface area contributed by atoms with Crippen molar-refractivity contribution >= 4 is 5.82 Å². The first kappa shape index (κ1) is 15.3. The lowest BCUT2D eigenvalue weighted by Crippen LogP contribution is -2.17. The molecule has 0 spiro atoms. The Labute approximate surface area is 126 Å². The van der Waals surface area contributed by atoms with Gasteiger partial charge in [-0.1, -0.05) is 26.8 Å². The van der Waals surface area contributed by atoms with Crippen LogP contribution >= 0.6 is 0 Å². The van der Waals surface area contributed by atoms with Crippen LogP contribution in [0.4, 0.5) is 5.82 Å². The van der Waals surface area contributed by atoms with Crippen LogP contribution in [-0.4, -0.2) is 17.1 Å². The van der Waals surface area contributed by atoms with Gasteiger partial charge in [0.05, 0.1) is 12.8 Å². The van der Waals surface area contributed by atoms with Gasteiger partial charge < -0.3 is 10.5 Å². The number of nitrogen functional groups attached to an aromatic ring is 1. The number of hydrogen-bond donors (Lipinski definition) is 1. The van der Waals surface area contributed by atoms with E-state index in [0.29, 0.717) is 5.82 Å². The molecule has 2 N–H and O–H groups in total. The summed E-state index contributed by atoms with van der Waals surface area (Å²) >= 11 is 0. The molecule has 1 heterocycles. The van der Waals surface area contributed by atoms with Crippen molar-refractivity contribution in [3.05, 3.63) is 35.2 Å². The van der Waals surface area contributed by atoms with Gasteiger partial charge in [0.15, 0.2) is 0 Å². The highest BCUT2D eigenvalue weighted by atomic mass is 16.5. The summed E-state index contributed by atoms with van der Waals surface area (Å²) in [4.78, 5) is 9.06. The van der Waals surface area contributed by atoms with Gasteiger partial charge in [-0.15, -0.1) is 0 Å². The minimum Gasteiger partial charge on any atom is -0.496 e. The Morgan fingerprint density at radius 3 is 2.29 bits per heavy atom.